The Hall–Kier alpha value is -1.11. The van der Waals surface area contributed by atoms with Gasteiger partial charge in [0.25, 0.3) is 0 Å². The van der Waals surface area contributed by atoms with Gasteiger partial charge in [0.05, 0.1) is 6.10 Å². The summed E-state index contributed by atoms with van der Waals surface area (Å²) in [6.45, 7) is 0.547. The third-order valence-electron chi connectivity index (χ3n) is 6.24. The van der Waals surface area contributed by atoms with Crippen LogP contribution in [0.5, 0.6) is 0 Å². The summed E-state index contributed by atoms with van der Waals surface area (Å²) in [5, 5.41) is 1.58. The predicted molar refractivity (Wildman–Crippen MR) is 96.6 cm³/mol. The van der Waals surface area contributed by atoms with Crippen molar-refractivity contribution in [1.82, 2.24) is 5.06 Å². The van der Waals surface area contributed by atoms with Crippen LogP contribution in [0.15, 0.2) is 27.7 Å². The van der Waals surface area contributed by atoms with Crippen LogP contribution in [0.25, 0.3) is 0 Å². The molecule has 1 heterocycles. The van der Waals surface area contributed by atoms with E-state index >= 15 is 0 Å². The Morgan fingerprint density at radius 2 is 2.12 bits per heavy atom. The molecule has 1 unspecified atom stereocenters. The summed E-state index contributed by atoms with van der Waals surface area (Å²) < 4.78 is 6.68. The Kier molecular flexibility index (Phi) is 3.90. The maximum atomic E-state index is 6.19. The van der Waals surface area contributed by atoms with Crippen LogP contribution < -0.4 is 5.73 Å². The SMILES string of the molecule is COC1CCC2(CC1)Cc1ccc(Br)cc1C21CON(C)C(N)=N1. The number of aliphatic imine (C=N–C) groups is 1. The lowest BCUT2D eigenvalue weighted by Gasteiger charge is -2.49. The van der Waals surface area contributed by atoms with Gasteiger partial charge in [-0.2, -0.15) is 0 Å². The number of methoxy groups -OCH3 is 1. The van der Waals surface area contributed by atoms with Gasteiger partial charge in [0.1, 0.15) is 12.1 Å². The van der Waals surface area contributed by atoms with Gasteiger partial charge in [0, 0.05) is 24.0 Å². The van der Waals surface area contributed by atoms with Crippen molar-refractivity contribution in [3.63, 3.8) is 0 Å². The Bertz CT molecular complexity index is 685. The van der Waals surface area contributed by atoms with Gasteiger partial charge in [-0.1, -0.05) is 22.0 Å². The molecule has 1 saturated carbocycles. The van der Waals surface area contributed by atoms with Gasteiger partial charge in [0.15, 0.2) is 0 Å². The van der Waals surface area contributed by atoms with Crippen LogP contribution in [0.4, 0.5) is 0 Å². The van der Waals surface area contributed by atoms with Gasteiger partial charge in [-0.15, -0.1) is 0 Å². The Morgan fingerprint density at radius 3 is 2.79 bits per heavy atom. The van der Waals surface area contributed by atoms with Crippen LogP contribution in [-0.4, -0.2) is 37.9 Å². The van der Waals surface area contributed by atoms with Crippen molar-refractivity contribution in [2.24, 2.45) is 16.1 Å². The predicted octanol–water partition coefficient (Wildman–Crippen LogP) is 2.97. The van der Waals surface area contributed by atoms with E-state index in [4.69, 9.17) is 20.3 Å². The average Bonchev–Trinajstić information content (AvgIpc) is 2.82. The molecule has 130 valence electrons. The highest BCUT2D eigenvalue weighted by molar-refractivity contribution is 9.10. The van der Waals surface area contributed by atoms with Crippen LogP contribution in [0.2, 0.25) is 0 Å². The van der Waals surface area contributed by atoms with Crippen molar-refractivity contribution in [1.29, 1.82) is 0 Å². The molecule has 24 heavy (non-hydrogen) atoms. The largest absolute Gasteiger partial charge is 0.381 e. The molecule has 0 aromatic heterocycles. The first-order chi connectivity index (χ1) is 11.5. The fraction of sp³-hybridized carbons (Fsp3) is 0.611. The standard InChI is InChI=1S/C18H24BrN3O2/c1-22-16(20)21-18(11-24-22)15-9-13(19)4-3-12(15)10-17(18)7-5-14(23-2)6-8-17/h3-4,9,14H,5-8,10-11H2,1-2H3,(H2,20,21). The summed E-state index contributed by atoms with van der Waals surface area (Å²) in [6.07, 6.45) is 5.70. The van der Waals surface area contributed by atoms with Crippen molar-refractivity contribution < 1.29 is 9.57 Å². The first-order valence-corrected chi connectivity index (χ1v) is 9.33. The van der Waals surface area contributed by atoms with Crippen molar-refractivity contribution in [3.8, 4) is 0 Å². The zero-order valence-corrected chi connectivity index (χ0v) is 15.8. The van der Waals surface area contributed by atoms with Gasteiger partial charge < -0.3 is 10.5 Å². The Labute approximate surface area is 151 Å². The molecule has 0 saturated heterocycles. The number of guanidine groups is 1. The summed E-state index contributed by atoms with van der Waals surface area (Å²) >= 11 is 3.62. The second kappa shape index (κ2) is 5.71. The lowest BCUT2D eigenvalue weighted by atomic mass is 9.62. The van der Waals surface area contributed by atoms with Crippen LogP contribution in [0.1, 0.15) is 36.8 Å². The van der Waals surface area contributed by atoms with Gasteiger partial charge in [-0.05, 0) is 55.4 Å². The molecule has 2 aliphatic carbocycles. The molecule has 2 spiro atoms. The van der Waals surface area contributed by atoms with Crippen LogP contribution in [0.3, 0.4) is 0 Å². The molecular weight excluding hydrogens is 370 g/mol. The minimum absolute atomic E-state index is 0.0665. The molecule has 5 nitrogen and oxygen atoms in total. The van der Waals surface area contributed by atoms with Crippen molar-refractivity contribution in [2.75, 3.05) is 20.8 Å². The Balaban J connectivity index is 1.84. The number of ether oxygens (including phenoxy) is 1. The molecule has 0 bridgehead atoms. The number of hydroxylamine groups is 2. The minimum atomic E-state index is -0.387. The van der Waals surface area contributed by atoms with Crippen LogP contribution >= 0.6 is 15.9 Å². The van der Waals surface area contributed by atoms with E-state index in [9.17, 15) is 0 Å². The molecule has 6 heteroatoms. The van der Waals surface area contributed by atoms with Gasteiger partial charge in [-0.25, -0.2) is 10.1 Å². The topological polar surface area (TPSA) is 60.1 Å². The zero-order valence-electron chi connectivity index (χ0n) is 14.2. The maximum Gasteiger partial charge on any atom is 0.216 e. The lowest BCUT2D eigenvalue weighted by molar-refractivity contribution is -0.144. The Morgan fingerprint density at radius 1 is 1.38 bits per heavy atom. The van der Waals surface area contributed by atoms with E-state index in [2.05, 4.69) is 34.1 Å². The lowest BCUT2D eigenvalue weighted by Crippen LogP contribution is -2.54. The number of halogens is 1. The van der Waals surface area contributed by atoms with Crippen LogP contribution in [-0.2, 0) is 21.5 Å². The fourth-order valence-corrected chi connectivity index (χ4v) is 5.18. The smallest absolute Gasteiger partial charge is 0.216 e. The number of hydrogen-bond donors (Lipinski definition) is 1. The molecular formula is C18H24BrN3O2. The highest BCUT2D eigenvalue weighted by Gasteiger charge is 2.60. The van der Waals surface area contributed by atoms with Gasteiger partial charge in [0.2, 0.25) is 5.96 Å². The van der Waals surface area contributed by atoms with E-state index in [1.54, 1.807) is 5.06 Å². The summed E-state index contributed by atoms with van der Waals surface area (Å²) in [5.74, 6) is 0.460. The number of benzene rings is 1. The fourth-order valence-electron chi connectivity index (χ4n) is 4.82. The summed E-state index contributed by atoms with van der Waals surface area (Å²) in [4.78, 5) is 11.0. The van der Waals surface area contributed by atoms with E-state index in [0.717, 1.165) is 36.6 Å². The normalized spacial score (nSPS) is 35.4. The quantitative estimate of drug-likeness (QED) is 0.796. The minimum Gasteiger partial charge on any atom is -0.381 e. The van der Waals surface area contributed by atoms with E-state index in [-0.39, 0.29) is 11.0 Å². The van der Waals surface area contributed by atoms with Crippen LogP contribution in [0, 0.1) is 5.41 Å². The number of nitrogens with zero attached hydrogens (tertiary/aromatic N) is 2. The highest BCUT2D eigenvalue weighted by Crippen LogP contribution is 2.60. The third-order valence-corrected chi connectivity index (χ3v) is 6.74. The van der Waals surface area contributed by atoms with E-state index < -0.39 is 0 Å². The van der Waals surface area contributed by atoms with Crippen molar-refractivity contribution in [2.45, 2.75) is 43.7 Å². The number of hydrogen-bond acceptors (Lipinski definition) is 5. The first-order valence-electron chi connectivity index (χ1n) is 8.53. The summed E-state index contributed by atoms with van der Waals surface area (Å²) in [7, 11) is 3.63. The van der Waals surface area contributed by atoms with Gasteiger partial charge >= 0.3 is 0 Å². The first kappa shape index (κ1) is 16.4. The van der Waals surface area contributed by atoms with Gasteiger partial charge in [-0.3, -0.25) is 4.84 Å². The molecule has 4 rings (SSSR count). The van der Waals surface area contributed by atoms with E-state index in [0.29, 0.717) is 18.7 Å². The van der Waals surface area contributed by atoms with Crippen molar-refractivity contribution in [3.05, 3.63) is 33.8 Å². The molecule has 1 aromatic carbocycles. The summed E-state index contributed by atoms with van der Waals surface area (Å²) in [5.41, 5.74) is 8.51. The monoisotopic (exact) mass is 393 g/mol. The van der Waals surface area contributed by atoms with Crippen molar-refractivity contribution >= 4 is 21.9 Å². The molecule has 1 atom stereocenters. The molecule has 0 radical (unpaired) electrons. The van der Waals surface area contributed by atoms with E-state index in [1.165, 1.54) is 11.1 Å². The molecule has 0 amide bonds. The molecule has 1 fully saturated rings. The molecule has 1 aromatic rings. The zero-order chi connectivity index (χ0) is 16.9. The second-order valence-electron chi connectivity index (χ2n) is 7.29. The maximum absolute atomic E-state index is 6.19. The second-order valence-corrected chi connectivity index (χ2v) is 8.21. The third kappa shape index (κ3) is 2.23. The summed E-state index contributed by atoms with van der Waals surface area (Å²) in [6, 6.07) is 6.55. The number of rotatable bonds is 1. The van der Waals surface area contributed by atoms with E-state index in [1.807, 2.05) is 14.2 Å². The average molecular weight is 394 g/mol. The molecule has 2 N–H and O–H groups in total. The number of nitrogens with two attached hydrogens (primary N) is 1. The number of fused-ring (bicyclic) bond motifs is 3. The highest BCUT2D eigenvalue weighted by atomic mass is 79.9. The molecule has 3 aliphatic rings. The molecule has 1 aliphatic heterocycles.